The number of aromatic amines is 1. The number of pyridine rings is 1. The smallest absolute Gasteiger partial charge is 0.346 e. The minimum absolute atomic E-state index is 0.138. The Morgan fingerprint density at radius 3 is 2.52 bits per heavy atom. The molecule has 0 spiro atoms. The van der Waals surface area contributed by atoms with Gasteiger partial charge in [-0.3, -0.25) is 4.79 Å². The van der Waals surface area contributed by atoms with E-state index in [1.54, 1.807) is 12.3 Å². The molecule has 0 aliphatic rings. The number of halogens is 4. The highest BCUT2D eigenvalue weighted by Gasteiger charge is 2.30. The SMILES string of the molecule is O=C(Nc1ccc(C(F)(F)F)cc1)c1cnc2[nH]ccc2c1Cl. The molecule has 2 N–H and O–H groups in total. The molecule has 3 rings (SSSR count). The average Bonchev–Trinajstić information content (AvgIpc) is 2.96. The van der Waals surface area contributed by atoms with Crippen molar-refractivity contribution in [2.75, 3.05) is 5.32 Å². The first-order valence-electron chi connectivity index (χ1n) is 6.46. The maximum atomic E-state index is 12.5. The van der Waals surface area contributed by atoms with E-state index in [1.165, 1.54) is 18.3 Å². The Bertz CT molecular complexity index is 872. The van der Waals surface area contributed by atoms with Crippen LogP contribution in [0.1, 0.15) is 15.9 Å². The van der Waals surface area contributed by atoms with Gasteiger partial charge >= 0.3 is 6.18 Å². The van der Waals surface area contributed by atoms with Crippen LogP contribution in [0.3, 0.4) is 0 Å². The fourth-order valence-corrected chi connectivity index (χ4v) is 2.36. The second-order valence-corrected chi connectivity index (χ2v) is 5.13. The van der Waals surface area contributed by atoms with E-state index in [-0.39, 0.29) is 16.3 Å². The number of nitrogens with zero attached hydrogens (tertiary/aromatic N) is 1. The third kappa shape index (κ3) is 3.00. The summed E-state index contributed by atoms with van der Waals surface area (Å²) in [5, 5.41) is 3.31. The molecule has 0 saturated carbocycles. The van der Waals surface area contributed by atoms with Gasteiger partial charge in [0, 0.05) is 23.5 Å². The third-order valence-corrected chi connectivity index (χ3v) is 3.64. The van der Waals surface area contributed by atoms with Crippen LogP contribution in [0.25, 0.3) is 11.0 Å². The first-order valence-corrected chi connectivity index (χ1v) is 6.84. The van der Waals surface area contributed by atoms with E-state index in [1.807, 2.05) is 0 Å². The fraction of sp³-hybridized carbons (Fsp3) is 0.0667. The third-order valence-electron chi connectivity index (χ3n) is 3.24. The number of rotatable bonds is 2. The molecule has 118 valence electrons. The molecule has 3 aromatic rings. The normalized spacial score (nSPS) is 11.7. The molecule has 0 saturated heterocycles. The number of alkyl halides is 3. The molecule has 8 heteroatoms. The second-order valence-electron chi connectivity index (χ2n) is 4.76. The van der Waals surface area contributed by atoms with Crippen LogP contribution in [-0.4, -0.2) is 15.9 Å². The van der Waals surface area contributed by atoms with Gasteiger partial charge < -0.3 is 10.3 Å². The Balaban J connectivity index is 1.84. The Labute approximate surface area is 133 Å². The number of hydrogen-bond acceptors (Lipinski definition) is 2. The highest BCUT2D eigenvalue weighted by atomic mass is 35.5. The summed E-state index contributed by atoms with van der Waals surface area (Å²) in [7, 11) is 0. The number of amides is 1. The summed E-state index contributed by atoms with van der Waals surface area (Å²) in [5.74, 6) is -0.551. The molecule has 1 amide bonds. The number of fused-ring (bicyclic) bond motifs is 1. The van der Waals surface area contributed by atoms with Crippen LogP contribution in [-0.2, 0) is 6.18 Å². The first-order chi connectivity index (χ1) is 10.9. The lowest BCUT2D eigenvalue weighted by Gasteiger charge is -2.09. The number of H-pyrrole nitrogens is 1. The van der Waals surface area contributed by atoms with E-state index in [0.29, 0.717) is 11.0 Å². The van der Waals surface area contributed by atoms with Crippen molar-refractivity contribution in [3.05, 3.63) is 58.9 Å². The monoisotopic (exact) mass is 339 g/mol. The lowest BCUT2D eigenvalue weighted by atomic mass is 10.2. The van der Waals surface area contributed by atoms with Crippen molar-refractivity contribution >= 4 is 34.2 Å². The predicted molar refractivity (Wildman–Crippen MR) is 80.5 cm³/mol. The van der Waals surface area contributed by atoms with Gasteiger partial charge in [0.2, 0.25) is 0 Å². The first kappa shape index (κ1) is 15.4. The zero-order valence-corrected chi connectivity index (χ0v) is 12.2. The van der Waals surface area contributed by atoms with Crippen molar-refractivity contribution in [1.29, 1.82) is 0 Å². The van der Waals surface area contributed by atoms with E-state index >= 15 is 0 Å². The van der Waals surface area contributed by atoms with Crippen molar-refractivity contribution in [1.82, 2.24) is 9.97 Å². The largest absolute Gasteiger partial charge is 0.416 e. The van der Waals surface area contributed by atoms with E-state index in [9.17, 15) is 18.0 Å². The van der Waals surface area contributed by atoms with Crippen molar-refractivity contribution < 1.29 is 18.0 Å². The van der Waals surface area contributed by atoms with Gasteiger partial charge in [-0.15, -0.1) is 0 Å². The van der Waals surface area contributed by atoms with E-state index in [0.717, 1.165) is 12.1 Å². The molecule has 2 heterocycles. The predicted octanol–water partition coefficient (Wildman–Crippen LogP) is 4.49. The number of anilines is 1. The molecular formula is C15H9ClF3N3O. The van der Waals surface area contributed by atoms with Crippen LogP contribution < -0.4 is 5.32 Å². The Kier molecular flexibility index (Phi) is 3.73. The molecule has 0 aliphatic heterocycles. The summed E-state index contributed by atoms with van der Waals surface area (Å²) in [5.41, 5.74) is 0.122. The van der Waals surface area contributed by atoms with Crippen LogP contribution in [0.15, 0.2) is 42.7 Å². The zero-order valence-electron chi connectivity index (χ0n) is 11.4. The number of nitrogens with one attached hydrogen (secondary N) is 2. The molecule has 0 aliphatic carbocycles. The fourth-order valence-electron chi connectivity index (χ4n) is 2.07. The molecule has 0 fully saturated rings. The molecule has 23 heavy (non-hydrogen) atoms. The minimum Gasteiger partial charge on any atom is -0.346 e. The summed E-state index contributed by atoms with van der Waals surface area (Å²) >= 11 is 6.16. The van der Waals surface area contributed by atoms with Gasteiger partial charge in [0.05, 0.1) is 16.1 Å². The lowest BCUT2D eigenvalue weighted by Crippen LogP contribution is -2.13. The molecule has 2 aromatic heterocycles. The van der Waals surface area contributed by atoms with Crippen LogP contribution in [0, 0.1) is 0 Å². The van der Waals surface area contributed by atoms with Gasteiger partial charge in [-0.1, -0.05) is 11.6 Å². The Hall–Kier alpha value is -2.54. The summed E-state index contributed by atoms with van der Waals surface area (Å²) in [4.78, 5) is 19.1. The average molecular weight is 340 g/mol. The molecule has 0 unspecified atom stereocenters. The molecule has 0 bridgehead atoms. The van der Waals surface area contributed by atoms with Crippen molar-refractivity contribution in [3.8, 4) is 0 Å². The standard InChI is InChI=1S/C15H9ClF3N3O/c16-12-10-5-6-20-13(10)21-7-11(12)14(23)22-9-3-1-8(2-4-9)15(17,18)19/h1-7H,(H,20,21)(H,22,23). The quantitative estimate of drug-likeness (QED) is 0.723. The summed E-state index contributed by atoms with van der Waals surface area (Å²) in [6.07, 6.45) is -1.48. The molecule has 4 nitrogen and oxygen atoms in total. The molecule has 0 radical (unpaired) electrons. The number of aromatic nitrogens is 2. The van der Waals surface area contributed by atoms with E-state index < -0.39 is 17.6 Å². The van der Waals surface area contributed by atoms with Gasteiger partial charge in [0.15, 0.2) is 0 Å². The van der Waals surface area contributed by atoms with Crippen LogP contribution in [0.5, 0.6) is 0 Å². The summed E-state index contributed by atoms with van der Waals surface area (Å²) < 4.78 is 37.5. The number of carbonyl (C=O) groups excluding carboxylic acids is 1. The Morgan fingerprint density at radius 1 is 1.17 bits per heavy atom. The van der Waals surface area contributed by atoms with Crippen molar-refractivity contribution in [2.45, 2.75) is 6.18 Å². The molecular weight excluding hydrogens is 331 g/mol. The maximum Gasteiger partial charge on any atom is 0.416 e. The molecule has 1 aromatic carbocycles. The highest BCUT2D eigenvalue weighted by Crippen LogP contribution is 2.30. The van der Waals surface area contributed by atoms with Gasteiger partial charge in [0.1, 0.15) is 5.65 Å². The minimum atomic E-state index is -4.42. The summed E-state index contributed by atoms with van der Waals surface area (Å²) in [6.45, 7) is 0. The van der Waals surface area contributed by atoms with Gasteiger partial charge in [-0.2, -0.15) is 13.2 Å². The van der Waals surface area contributed by atoms with Gasteiger partial charge in [-0.05, 0) is 30.3 Å². The zero-order chi connectivity index (χ0) is 16.6. The van der Waals surface area contributed by atoms with Gasteiger partial charge in [-0.25, -0.2) is 4.98 Å². The number of hydrogen-bond donors (Lipinski definition) is 2. The maximum absolute atomic E-state index is 12.5. The second kappa shape index (κ2) is 5.58. The van der Waals surface area contributed by atoms with E-state index in [4.69, 9.17) is 11.6 Å². The lowest BCUT2D eigenvalue weighted by molar-refractivity contribution is -0.137. The number of benzene rings is 1. The number of carbonyl (C=O) groups is 1. The van der Waals surface area contributed by atoms with Crippen LogP contribution >= 0.6 is 11.6 Å². The Morgan fingerprint density at radius 2 is 1.87 bits per heavy atom. The molecule has 0 atom stereocenters. The topological polar surface area (TPSA) is 57.8 Å². The van der Waals surface area contributed by atoms with Crippen LogP contribution in [0.4, 0.5) is 18.9 Å². The van der Waals surface area contributed by atoms with Crippen LogP contribution in [0.2, 0.25) is 5.02 Å². The van der Waals surface area contributed by atoms with Crippen molar-refractivity contribution in [2.24, 2.45) is 0 Å². The summed E-state index contributed by atoms with van der Waals surface area (Å²) in [6, 6.07) is 5.82. The van der Waals surface area contributed by atoms with E-state index in [2.05, 4.69) is 15.3 Å². The van der Waals surface area contributed by atoms with Gasteiger partial charge in [0.25, 0.3) is 5.91 Å². The van der Waals surface area contributed by atoms with Crippen molar-refractivity contribution in [3.63, 3.8) is 0 Å². The highest BCUT2D eigenvalue weighted by molar-refractivity contribution is 6.38.